The Morgan fingerprint density at radius 2 is 1.75 bits per heavy atom. The molecule has 0 radical (unpaired) electrons. The van der Waals surface area contributed by atoms with Crippen LogP contribution >= 0.6 is 0 Å². The fourth-order valence-corrected chi connectivity index (χ4v) is 0.977. The lowest BCUT2D eigenvalue weighted by Crippen LogP contribution is -2.28. The van der Waals surface area contributed by atoms with Crippen LogP contribution in [0.3, 0.4) is 0 Å². The van der Waals surface area contributed by atoms with E-state index >= 15 is 0 Å². The first-order chi connectivity index (χ1) is 7.35. The molecule has 0 aliphatic heterocycles. The smallest absolute Gasteiger partial charge is 0.316 e. The van der Waals surface area contributed by atoms with Gasteiger partial charge in [-0.15, -0.1) is 0 Å². The average molecular weight is 228 g/mol. The van der Waals surface area contributed by atoms with E-state index in [1.54, 1.807) is 13.8 Å². The van der Waals surface area contributed by atoms with Gasteiger partial charge in [0.1, 0.15) is 17.4 Å². The summed E-state index contributed by atoms with van der Waals surface area (Å²) in [6, 6.07) is 2.68. The summed E-state index contributed by atoms with van der Waals surface area (Å²) in [6.45, 7) is 5.27. The molecule has 16 heavy (non-hydrogen) atoms. The normalized spacial score (nSPS) is 11.3. The van der Waals surface area contributed by atoms with Crippen LogP contribution in [-0.4, -0.2) is 5.97 Å². The number of rotatable bonds is 3. The first-order valence-corrected chi connectivity index (χ1v) is 5.03. The molecule has 0 unspecified atom stereocenters. The van der Waals surface area contributed by atoms with Crippen LogP contribution < -0.4 is 4.74 Å². The van der Waals surface area contributed by atoms with E-state index in [0.29, 0.717) is 6.42 Å². The molecule has 0 saturated carbocycles. The topological polar surface area (TPSA) is 26.3 Å². The van der Waals surface area contributed by atoms with Gasteiger partial charge in [-0.1, -0.05) is 6.92 Å². The number of esters is 1. The van der Waals surface area contributed by atoms with Crippen LogP contribution in [0, 0.1) is 17.0 Å². The van der Waals surface area contributed by atoms with E-state index in [9.17, 15) is 13.6 Å². The van der Waals surface area contributed by atoms with E-state index < -0.39 is 23.0 Å². The third kappa shape index (κ3) is 3.02. The maximum absolute atomic E-state index is 12.8. The summed E-state index contributed by atoms with van der Waals surface area (Å²) in [6.07, 6.45) is 0.587. The third-order valence-electron chi connectivity index (χ3n) is 2.48. The first kappa shape index (κ1) is 12.6. The minimum absolute atomic E-state index is 0.107. The van der Waals surface area contributed by atoms with E-state index in [-0.39, 0.29) is 5.75 Å². The molecule has 0 spiro atoms. The Balaban J connectivity index is 2.85. The molecule has 1 aromatic carbocycles. The number of hydrogen-bond donors (Lipinski definition) is 0. The van der Waals surface area contributed by atoms with Gasteiger partial charge in [0.25, 0.3) is 0 Å². The highest BCUT2D eigenvalue weighted by molar-refractivity contribution is 5.78. The van der Waals surface area contributed by atoms with Crippen molar-refractivity contribution in [3.63, 3.8) is 0 Å². The van der Waals surface area contributed by atoms with Crippen molar-refractivity contribution in [2.45, 2.75) is 27.2 Å². The Hall–Kier alpha value is -1.45. The van der Waals surface area contributed by atoms with Crippen LogP contribution in [0.1, 0.15) is 27.2 Å². The van der Waals surface area contributed by atoms with Crippen LogP contribution in [-0.2, 0) is 4.79 Å². The van der Waals surface area contributed by atoms with Gasteiger partial charge in [-0.2, -0.15) is 0 Å². The van der Waals surface area contributed by atoms with Gasteiger partial charge in [0, 0.05) is 18.2 Å². The van der Waals surface area contributed by atoms with Crippen molar-refractivity contribution in [1.82, 2.24) is 0 Å². The van der Waals surface area contributed by atoms with Crippen molar-refractivity contribution in [3.05, 3.63) is 29.8 Å². The zero-order valence-electron chi connectivity index (χ0n) is 9.51. The molecular formula is C12H14F2O2. The van der Waals surface area contributed by atoms with Gasteiger partial charge in [0.15, 0.2) is 0 Å². The van der Waals surface area contributed by atoms with Gasteiger partial charge in [-0.05, 0) is 20.3 Å². The molecule has 88 valence electrons. The lowest BCUT2D eigenvalue weighted by atomic mass is 9.91. The summed E-state index contributed by atoms with van der Waals surface area (Å²) in [4.78, 5) is 11.6. The van der Waals surface area contributed by atoms with Gasteiger partial charge in [0.05, 0.1) is 5.41 Å². The first-order valence-electron chi connectivity index (χ1n) is 5.03. The van der Waals surface area contributed by atoms with Gasteiger partial charge >= 0.3 is 5.97 Å². The summed E-state index contributed by atoms with van der Waals surface area (Å²) in [7, 11) is 0. The number of ether oxygens (including phenoxy) is 1. The van der Waals surface area contributed by atoms with Crippen molar-refractivity contribution < 1.29 is 18.3 Å². The Bertz CT molecular complexity index is 380. The standard InChI is InChI=1S/C12H14F2O2/c1-4-12(2,3)11(15)16-10-6-8(13)5-9(14)7-10/h5-7H,4H2,1-3H3. The summed E-state index contributed by atoms with van der Waals surface area (Å²) in [5.74, 6) is -2.14. The second-order valence-corrected chi connectivity index (χ2v) is 4.23. The van der Waals surface area contributed by atoms with Crippen molar-refractivity contribution in [2.75, 3.05) is 0 Å². The van der Waals surface area contributed by atoms with E-state index in [0.717, 1.165) is 18.2 Å². The van der Waals surface area contributed by atoms with E-state index in [2.05, 4.69) is 0 Å². The molecule has 0 atom stereocenters. The van der Waals surface area contributed by atoms with Crippen LogP contribution in [0.2, 0.25) is 0 Å². The predicted octanol–water partition coefficient (Wildman–Crippen LogP) is 3.31. The molecule has 0 aliphatic carbocycles. The molecule has 0 fully saturated rings. The summed E-state index contributed by atoms with van der Waals surface area (Å²) in [5.41, 5.74) is -0.664. The van der Waals surface area contributed by atoms with Gasteiger partial charge in [0.2, 0.25) is 0 Å². The van der Waals surface area contributed by atoms with Crippen molar-refractivity contribution in [2.24, 2.45) is 5.41 Å². The van der Waals surface area contributed by atoms with Crippen LogP contribution in [0.15, 0.2) is 18.2 Å². The fourth-order valence-electron chi connectivity index (χ4n) is 0.977. The van der Waals surface area contributed by atoms with Crippen LogP contribution in [0.4, 0.5) is 8.78 Å². The zero-order valence-corrected chi connectivity index (χ0v) is 9.51. The second kappa shape index (κ2) is 4.60. The summed E-state index contributed by atoms with van der Waals surface area (Å²) >= 11 is 0. The Morgan fingerprint density at radius 3 is 2.19 bits per heavy atom. The van der Waals surface area contributed by atoms with E-state index in [1.165, 1.54) is 0 Å². The number of carbonyl (C=O) groups is 1. The molecular weight excluding hydrogens is 214 g/mol. The molecule has 0 saturated heterocycles. The SMILES string of the molecule is CCC(C)(C)C(=O)Oc1cc(F)cc(F)c1. The Morgan fingerprint density at radius 1 is 1.25 bits per heavy atom. The zero-order chi connectivity index (χ0) is 12.3. The third-order valence-corrected chi connectivity index (χ3v) is 2.48. The maximum Gasteiger partial charge on any atom is 0.316 e. The maximum atomic E-state index is 12.8. The fraction of sp³-hybridized carbons (Fsp3) is 0.417. The molecule has 1 rings (SSSR count). The highest BCUT2D eigenvalue weighted by Gasteiger charge is 2.27. The molecule has 0 aliphatic rings. The highest BCUT2D eigenvalue weighted by atomic mass is 19.1. The Kier molecular flexibility index (Phi) is 3.62. The lowest BCUT2D eigenvalue weighted by Gasteiger charge is -2.20. The monoisotopic (exact) mass is 228 g/mol. The van der Waals surface area contributed by atoms with Crippen molar-refractivity contribution in [3.8, 4) is 5.75 Å². The Labute approximate surface area is 93.2 Å². The molecule has 0 amide bonds. The number of halogens is 2. The van der Waals surface area contributed by atoms with E-state index in [1.807, 2.05) is 6.92 Å². The summed E-state index contributed by atoms with van der Waals surface area (Å²) < 4.78 is 30.6. The molecule has 0 heterocycles. The predicted molar refractivity (Wildman–Crippen MR) is 56.1 cm³/mol. The minimum atomic E-state index is -0.767. The molecule has 0 N–H and O–H groups in total. The van der Waals surface area contributed by atoms with Crippen molar-refractivity contribution in [1.29, 1.82) is 0 Å². The highest BCUT2D eigenvalue weighted by Crippen LogP contribution is 2.24. The lowest BCUT2D eigenvalue weighted by molar-refractivity contribution is -0.144. The van der Waals surface area contributed by atoms with Gasteiger partial charge in [-0.3, -0.25) is 4.79 Å². The van der Waals surface area contributed by atoms with Gasteiger partial charge < -0.3 is 4.74 Å². The molecule has 0 aromatic heterocycles. The number of carbonyl (C=O) groups excluding carboxylic acids is 1. The van der Waals surface area contributed by atoms with Crippen LogP contribution in [0.5, 0.6) is 5.75 Å². The largest absolute Gasteiger partial charge is 0.426 e. The molecule has 4 heteroatoms. The second-order valence-electron chi connectivity index (χ2n) is 4.23. The van der Waals surface area contributed by atoms with Crippen LogP contribution in [0.25, 0.3) is 0 Å². The summed E-state index contributed by atoms with van der Waals surface area (Å²) in [5, 5.41) is 0. The minimum Gasteiger partial charge on any atom is -0.426 e. The van der Waals surface area contributed by atoms with Gasteiger partial charge in [-0.25, -0.2) is 8.78 Å². The quantitative estimate of drug-likeness (QED) is 0.586. The number of hydrogen-bond acceptors (Lipinski definition) is 2. The molecule has 1 aromatic rings. The van der Waals surface area contributed by atoms with E-state index in [4.69, 9.17) is 4.74 Å². The molecule has 2 nitrogen and oxygen atoms in total. The number of benzene rings is 1. The van der Waals surface area contributed by atoms with Crippen molar-refractivity contribution >= 4 is 5.97 Å². The molecule has 0 bridgehead atoms. The average Bonchev–Trinajstić information content (AvgIpc) is 2.15.